The molecule has 0 aliphatic carbocycles. The fourth-order valence-electron chi connectivity index (χ4n) is 1.34. The minimum Gasteiger partial charge on any atom is -0.395 e. The van der Waals surface area contributed by atoms with E-state index in [-0.39, 0.29) is 12.6 Å². The molecule has 0 saturated carbocycles. The van der Waals surface area contributed by atoms with Gasteiger partial charge in [-0.3, -0.25) is 4.90 Å². The molecule has 1 unspecified atom stereocenters. The lowest BCUT2D eigenvalue weighted by atomic mass is 10.2. The van der Waals surface area contributed by atoms with Crippen LogP contribution in [-0.2, 0) is 0 Å². The first-order valence-electron chi connectivity index (χ1n) is 3.30. The molecule has 1 aliphatic rings. The fraction of sp³-hybridized carbons (Fsp3) is 1.00. The van der Waals surface area contributed by atoms with Gasteiger partial charge in [-0.05, 0) is 13.5 Å². The van der Waals surface area contributed by atoms with Crippen molar-refractivity contribution in [2.75, 3.05) is 20.2 Å². The van der Waals surface area contributed by atoms with Crippen LogP contribution in [-0.4, -0.2) is 42.3 Å². The van der Waals surface area contributed by atoms with E-state index in [1.807, 2.05) is 7.05 Å². The smallest absolute Gasteiger partial charge is 0.0587 e. The average Bonchev–Trinajstić information content (AvgIpc) is 2.10. The molecule has 1 rings (SSSR count). The van der Waals surface area contributed by atoms with Gasteiger partial charge in [-0.15, -0.1) is 0 Å². The number of rotatable bonds is 1. The first kappa shape index (κ1) is 6.99. The van der Waals surface area contributed by atoms with Crippen molar-refractivity contribution in [1.29, 1.82) is 0 Å². The third-order valence-electron chi connectivity index (χ3n) is 1.93. The van der Waals surface area contributed by atoms with Crippen LogP contribution < -0.4 is 5.73 Å². The van der Waals surface area contributed by atoms with Gasteiger partial charge in [0.2, 0.25) is 0 Å². The lowest BCUT2D eigenvalue weighted by molar-refractivity contribution is 0.182. The summed E-state index contributed by atoms with van der Waals surface area (Å²) in [5.41, 5.74) is 5.64. The van der Waals surface area contributed by atoms with Crippen LogP contribution >= 0.6 is 0 Å². The van der Waals surface area contributed by atoms with Gasteiger partial charge in [0.25, 0.3) is 0 Å². The van der Waals surface area contributed by atoms with Crippen LogP contribution in [0, 0.1) is 0 Å². The first-order valence-corrected chi connectivity index (χ1v) is 3.30. The topological polar surface area (TPSA) is 49.5 Å². The van der Waals surface area contributed by atoms with Gasteiger partial charge in [-0.1, -0.05) is 0 Å². The van der Waals surface area contributed by atoms with Crippen molar-refractivity contribution in [1.82, 2.24) is 4.90 Å². The van der Waals surface area contributed by atoms with Gasteiger partial charge in [-0.2, -0.15) is 0 Å². The van der Waals surface area contributed by atoms with Crippen LogP contribution in [0.25, 0.3) is 0 Å². The highest BCUT2D eigenvalue weighted by Gasteiger charge is 2.25. The zero-order valence-corrected chi connectivity index (χ0v) is 5.75. The molecule has 2 atom stereocenters. The number of aliphatic hydroxyl groups is 1. The highest BCUT2D eigenvalue weighted by atomic mass is 16.3. The molecule has 3 heteroatoms. The second-order valence-electron chi connectivity index (χ2n) is 2.77. The largest absolute Gasteiger partial charge is 0.395 e. The summed E-state index contributed by atoms with van der Waals surface area (Å²) < 4.78 is 0. The lowest BCUT2D eigenvalue weighted by Crippen LogP contribution is -2.28. The Hall–Kier alpha value is -0.120. The zero-order chi connectivity index (χ0) is 6.85. The molecule has 3 N–H and O–H groups in total. The van der Waals surface area contributed by atoms with Crippen LogP contribution in [0.2, 0.25) is 0 Å². The van der Waals surface area contributed by atoms with E-state index >= 15 is 0 Å². The number of hydrogen-bond donors (Lipinski definition) is 2. The van der Waals surface area contributed by atoms with Crippen molar-refractivity contribution in [3.63, 3.8) is 0 Å². The molecule has 54 valence electrons. The molecule has 0 radical (unpaired) electrons. The van der Waals surface area contributed by atoms with E-state index < -0.39 is 0 Å². The minimum absolute atomic E-state index is 0.240. The van der Waals surface area contributed by atoms with Crippen molar-refractivity contribution in [2.24, 2.45) is 5.73 Å². The summed E-state index contributed by atoms with van der Waals surface area (Å²) in [4.78, 5) is 2.10. The average molecular weight is 130 g/mol. The Morgan fingerprint density at radius 1 is 1.78 bits per heavy atom. The Labute approximate surface area is 55.5 Å². The van der Waals surface area contributed by atoms with Gasteiger partial charge < -0.3 is 10.8 Å². The monoisotopic (exact) mass is 130 g/mol. The molecular weight excluding hydrogens is 116 g/mol. The number of nitrogens with two attached hydrogens (primary N) is 1. The molecule has 1 heterocycles. The van der Waals surface area contributed by atoms with E-state index in [2.05, 4.69) is 4.90 Å². The summed E-state index contributed by atoms with van der Waals surface area (Å²) >= 11 is 0. The maximum atomic E-state index is 8.76. The summed E-state index contributed by atoms with van der Waals surface area (Å²) in [6.45, 7) is 1.16. The van der Waals surface area contributed by atoms with E-state index in [0.717, 1.165) is 13.0 Å². The molecule has 0 aromatic rings. The van der Waals surface area contributed by atoms with Crippen molar-refractivity contribution in [3.05, 3.63) is 0 Å². The second kappa shape index (κ2) is 2.64. The van der Waals surface area contributed by atoms with Crippen LogP contribution in [0.5, 0.6) is 0 Å². The number of nitrogens with zero attached hydrogens (tertiary/aromatic N) is 1. The molecule has 1 fully saturated rings. The van der Waals surface area contributed by atoms with Gasteiger partial charge in [0, 0.05) is 18.6 Å². The zero-order valence-electron chi connectivity index (χ0n) is 5.75. The Balaban J connectivity index is 2.38. The van der Waals surface area contributed by atoms with Crippen molar-refractivity contribution >= 4 is 0 Å². The van der Waals surface area contributed by atoms with Gasteiger partial charge in [0.15, 0.2) is 0 Å². The Morgan fingerprint density at radius 3 is 2.67 bits per heavy atom. The molecule has 0 aromatic carbocycles. The molecule has 0 aromatic heterocycles. The van der Waals surface area contributed by atoms with E-state index in [0.29, 0.717) is 6.04 Å². The second-order valence-corrected chi connectivity index (χ2v) is 2.77. The number of likely N-dealkylation sites (N-methyl/N-ethyl adjacent to an activating group) is 1. The van der Waals surface area contributed by atoms with Gasteiger partial charge >= 0.3 is 0 Å². The summed E-state index contributed by atoms with van der Waals surface area (Å²) in [5, 5.41) is 8.76. The standard InChI is InChI=1S/C6H14N2O/c1-8-3-5(7)2-6(8)4-9/h5-6,9H,2-4,7H2,1H3/t5?,6-/m0/s1. The SMILES string of the molecule is CN1CC(N)C[C@H]1CO. The van der Waals surface area contributed by atoms with Crippen LogP contribution in [0.3, 0.4) is 0 Å². The fourth-order valence-corrected chi connectivity index (χ4v) is 1.34. The molecule has 3 nitrogen and oxygen atoms in total. The summed E-state index contributed by atoms with van der Waals surface area (Å²) in [7, 11) is 1.99. The van der Waals surface area contributed by atoms with Crippen molar-refractivity contribution in [2.45, 2.75) is 18.5 Å². The highest BCUT2D eigenvalue weighted by Crippen LogP contribution is 2.12. The van der Waals surface area contributed by atoms with Crippen LogP contribution in [0.15, 0.2) is 0 Å². The molecule has 1 saturated heterocycles. The quantitative estimate of drug-likeness (QED) is 0.479. The lowest BCUT2D eigenvalue weighted by Gasteiger charge is -2.14. The molecule has 1 aliphatic heterocycles. The van der Waals surface area contributed by atoms with E-state index in [4.69, 9.17) is 10.8 Å². The van der Waals surface area contributed by atoms with Crippen LogP contribution in [0.1, 0.15) is 6.42 Å². The highest BCUT2D eigenvalue weighted by molar-refractivity contribution is 4.84. The molecular formula is C6H14N2O. The Morgan fingerprint density at radius 2 is 2.44 bits per heavy atom. The summed E-state index contributed by atoms with van der Waals surface area (Å²) in [6, 6.07) is 0.576. The van der Waals surface area contributed by atoms with Gasteiger partial charge in [0.1, 0.15) is 0 Å². The number of likely N-dealkylation sites (tertiary alicyclic amines) is 1. The normalized spacial score (nSPS) is 37.7. The maximum absolute atomic E-state index is 8.76. The van der Waals surface area contributed by atoms with Crippen molar-refractivity contribution < 1.29 is 5.11 Å². The number of hydrogen-bond acceptors (Lipinski definition) is 3. The van der Waals surface area contributed by atoms with E-state index in [9.17, 15) is 0 Å². The van der Waals surface area contributed by atoms with Crippen molar-refractivity contribution in [3.8, 4) is 0 Å². The van der Waals surface area contributed by atoms with Gasteiger partial charge in [0.05, 0.1) is 6.61 Å². The maximum Gasteiger partial charge on any atom is 0.0587 e. The predicted octanol–water partition coefficient (Wildman–Crippen LogP) is -0.990. The van der Waals surface area contributed by atoms with Crippen LogP contribution in [0.4, 0.5) is 0 Å². The third-order valence-corrected chi connectivity index (χ3v) is 1.93. The van der Waals surface area contributed by atoms with E-state index in [1.165, 1.54) is 0 Å². The predicted molar refractivity (Wildman–Crippen MR) is 36.1 cm³/mol. The minimum atomic E-state index is 0.240. The molecule has 0 bridgehead atoms. The summed E-state index contributed by atoms with van der Waals surface area (Å²) in [6.07, 6.45) is 0.938. The first-order chi connectivity index (χ1) is 4.24. The number of aliphatic hydroxyl groups excluding tert-OH is 1. The molecule has 0 spiro atoms. The van der Waals surface area contributed by atoms with E-state index in [1.54, 1.807) is 0 Å². The Bertz CT molecular complexity index is 97.1. The molecule has 9 heavy (non-hydrogen) atoms. The van der Waals surface area contributed by atoms with Gasteiger partial charge in [-0.25, -0.2) is 0 Å². The molecule has 0 amide bonds. The summed E-state index contributed by atoms with van der Waals surface area (Å²) in [5.74, 6) is 0. The Kier molecular flexibility index (Phi) is 2.05. The third kappa shape index (κ3) is 1.41.